The highest BCUT2D eigenvalue weighted by Crippen LogP contribution is 2.08. The molecule has 1 rings (SSSR count). The zero-order valence-corrected chi connectivity index (χ0v) is 10.2. The van der Waals surface area contributed by atoms with Gasteiger partial charge in [0.05, 0.1) is 4.43 Å². The molecule has 0 saturated carbocycles. The van der Waals surface area contributed by atoms with Crippen molar-refractivity contribution in [3.05, 3.63) is 35.4 Å². The summed E-state index contributed by atoms with van der Waals surface area (Å²) in [6.45, 7) is 1.60. The predicted molar refractivity (Wildman–Crippen MR) is 66.6 cm³/mol. The molecule has 0 aliphatic carbocycles. The molecule has 0 aromatic heterocycles. The van der Waals surface area contributed by atoms with E-state index in [2.05, 4.69) is 34.4 Å². The van der Waals surface area contributed by atoms with Crippen molar-refractivity contribution in [2.24, 2.45) is 0 Å². The van der Waals surface area contributed by atoms with Crippen molar-refractivity contribution >= 4 is 28.4 Å². The van der Waals surface area contributed by atoms with Crippen molar-refractivity contribution in [1.29, 1.82) is 0 Å². The summed E-state index contributed by atoms with van der Waals surface area (Å²) in [4.78, 5) is 11.0. The molecule has 0 radical (unpaired) electrons. The molecule has 0 bridgehead atoms. The maximum absolute atomic E-state index is 11.0. The van der Waals surface area contributed by atoms with Gasteiger partial charge in [0.1, 0.15) is 5.78 Å². The van der Waals surface area contributed by atoms with Gasteiger partial charge in [-0.2, -0.15) is 0 Å². The molecule has 72 valence electrons. The Hall–Kier alpha value is -0.820. The minimum absolute atomic E-state index is 0.175. The van der Waals surface area contributed by atoms with E-state index in [1.54, 1.807) is 6.92 Å². The third kappa shape index (κ3) is 3.51. The molecule has 0 aliphatic rings. The van der Waals surface area contributed by atoms with E-state index >= 15 is 0 Å². The Balaban J connectivity index is 2.96. The van der Waals surface area contributed by atoms with Crippen LogP contribution >= 0.6 is 22.6 Å². The molecule has 0 spiro atoms. The number of Topliss-reactive ketones (excluding diaryl/α,β-unsaturated/α-hetero) is 1. The van der Waals surface area contributed by atoms with Crippen LogP contribution in [0.2, 0.25) is 0 Å². The summed E-state index contributed by atoms with van der Waals surface area (Å²) in [5, 5.41) is 0. The summed E-state index contributed by atoms with van der Waals surface area (Å²) in [5.41, 5.74) is 2.00. The standard InChI is InChI=1S/C12H11IO/c1-10(14)9-12-6-3-2-5-11(12)7-4-8-13/h2-3,5-6H,8-9H2,1H3. The molecule has 0 atom stereocenters. The Kier molecular flexibility index (Phi) is 4.68. The molecule has 0 aliphatic heterocycles. The van der Waals surface area contributed by atoms with Gasteiger partial charge in [0.25, 0.3) is 0 Å². The highest BCUT2D eigenvalue weighted by molar-refractivity contribution is 14.1. The van der Waals surface area contributed by atoms with Crippen molar-refractivity contribution < 1.29 is 4.79 Å². The van der Waals surface area contributed by atoms with Crippen molar-refractivity contribution in [3.8, 4) is 11.8 Å². The Morgan fingerprint density at radius 2 is 2.14 bits per heavy atom. The molecule has 14 heavy (non-hydrogen) atoms. The topological polar surface area (TPSA) is 17.1 Å². The third-order valence-corrected chi connectivity index (χ3v) is 2.13. The number of hydrogen-bond donors (Lipinski definition) is 0. The van der Waals surface area contributed by atoms with E-state index in [-0.39, 0.29) is 5.78 Å². The summed E-state index contributed by atoms with van der Waals surface area (Å²) in [6, 6.07) is 7.80. The van der Waals surface area contributed by atoms with E-state index in [1.165, 1.54) is 0 Å². The third-order valence-electron chi connectivity index (χ3n) is 1.75. The van der Waals surface area contributed by atoms with Crippen molar-refractivity contribution in [3.63, 3.8) is 0 Å². The van der Waals surface area contributed by atoms with E-state index in [0.717, 1.165) is 15.6 Å². The molecule has 2 heteroatoms. The van der Waals surface area contributed by atoms with Gasteiger partial charge in [-0.25, -0.2) is 0 Å². The van der Waals surface area contributed by atoms with Crippen LogP contribution in [-0.4, -0.2) is 10.2 Å². The number of rotatable bonds is 2. The molecule has 0 N–H and O–H groups in total. The van der Waals surface area contributed by atoms with Crippen LogP contribution in [-0.2, 0) is 11.2 Å². The summed E-state index contributed by atoms with van der Waals surface area (Å²) < 4.78 is 0.812. The second-order valence-electron chi connectivity index (χ2n) is 2.97. The normalized spacial score (nSPS) is 9.00. The smallest absolute Gasteiger partial charge is 0.134 e. The number of benzene rings is 1. The summed E-state index contributed by atoms with van der Waals surface area (Å²) >= 11 is 2.21. The maximum atomic E-state index is 11.0. The minimum Gasteiger partial charge on any atom is -0.300 e. The van der Waals surface area contributed by atoms with Crippen molar-refractivity contribution in [2.75, 3.05) is 4.43 Å². The summed E-state index contributed by atoms with van der Waals surface area (Å²) in [7, 11) is 0. The van der Waals surface area contributed by atoms with Crippen LogP contribution in [0.4, 0.5) is 0 Å². The molecule has 0 fully saturated rings. The van der Waals surface area contributed by atoms with Gasteiger partial charge in [0.15, 0.2) is 0 Å². The monoisotopic (exact) mass is 298 g/mol. The van der Waals surface area contributed by atoms with E-state index in [9.17, 15) is 4.79 Å². The van der Waals surface area contributed by atoms with E-state index in [0.29, 0.717) is 6.42 Å². The average Bonchev–Trinajstić information content (AvgIpc) is 2.16. The predicted octanol–water partition coefficient (Wildman–Crippen LogP) is 2.60. The average molecular weight is 298 g/mol. The van der Waals surface area contributed by atoms with E-state index in [1.807, 2.05) is 24.3 Å². The largest absolute Gasteiger partial charge is 0.300 e. The molecular formula is C12H11IO. The van der Waals surface area contributed by atoms with Crippen LogP contribution in [0.15, 0.2) is 24.3 Å². The Morgan fingerprint density at radius 3 is 2.79 bits per heavy atom. The molecule has 0 unspecified atom stereocenters. The highest BCUT2D eigenvalue weighted by Gasteiger charge is 2.01. The Morgan fingerprint density at radius 1 is 1.43 bits per heavy atom. The fourth-order valence-electron chi connectivity index (χ4n) is 1.19. The first-order valence-corrected chi connectivity index (χ1v) is 5.88. The molecule has 0 amide bonds. The summed E-state index contributed by atoms with van der Waals surface area (Å²) in [5.74, 6) is 6.24. The van der Waals surface area contributed by atoms with Gasteiger partial charge in [0, 0.05) is 12.0 Å². The van der Waals surface area contributed by atoms with Gasteiger partial charge < -0.3 is 0 Å². The Bertz CT molecular complexity index is 385. The number of alkyl halides is 1. The van der Waals surface area contributed by atoms with Gasteiger partial charge in [-0.15, -0.1) is 0 Å². The fourth-order valence-corrected chi connectivity index (χ4v) is 1.38. The van der Waals surface area contributed by atoms with Crippen LogP contribution in [0, 0.1) is 11.8 Å². The number of halogens is 1. The molecule has 1 aromatic rings. The highest BCUT2D eigenvalue weighted by atomic mass is 127. The zero-order valence-electron chi connectivity index (χ0n) is 8.01. The molecule has 1 aromatic carbocycles. The number of carbonyl (C=O) groups is 1. The van der Waals surface area contributed by atoms with Gasteiger partial charge in [0.2, 0.25) is 0 Å². The van der Waals surface area contributed by atoms with E-state index < -0.39 is 0 Å². The number of ketones is 1. The second-order valence-corrected chi connectivity index (χ2v) is 3.73. The van der Waals surface area contributed by atoms with Gasteiger partial charge in [-0.3, -0.25) is 4.79 Å². The number of hydrogen-bond acceptors (Lipinski definition) is 1. The fraction of sp³-hybridized carbons (Fsp3) is 0.250. The first-order valence-electron chi connectivity index (χ1n) is 4.36. The molecular weight excluding hydrogens is 287 g/mol. The maximum Gasteiger partial charge on any atom is 0.134 e. The minimum atomic E-state index is 0.175. The van der Waals surface area contributed by atoms with Gasteiger partial charge in [-0.05, 0) is 18.6 Å². The van der Waals surface area contributed by atoms with Crippen LogP contribution < -0.4 is 0 Å². The van der Waals surface area contributed by atoms with Crippen LogP contribution in [0.25, 0.3) is 0 Å². The quantitative estimate of drug-likeness (QED) is 0.466. The molecule has 0 saturated heterocycles. The summed E-state index contributed by atoms with van der Waals surface area (Å²) in [6.07, 6.45) is 0.478. The Labute approximate surface area is 98.0 Å². The van der Waals surface area contributed by atoms with Gasteiger partial charge in [-0.1, -0.05) is 52.6 Å². The van der Waals surface area contributed by atoms with Gasteiger partial charge >= 0.3 is 0 Å². The second kappa shape index (κ2) is 5.82. The lowest BCUT2D eigenvalue weighted by atomic mass is 10.0. The van der Waals surface area contributed by atoms with Crippen LogP contribution in [0.5, 0.6) is 0 Å². The van der Waals surface area contributed by atoms with Crippen LogP contribution in [0.3, 0.4) is 0 Å². The first-order chi connectivity index (χ1) is 6.74. The lowest BCUT2D eigenvalue weighted by Crippen LogP contribution is -1.98. The van der Waals surface area contributed by atoms with Crippen LogP contribution in [0.1, 0.15) is 18.1 Å². The number of carbonyl (C=O) groups excluding carboxylic acids is 1. The molecule has 1 nitrogen and oxygen atoms in total. The first kappa shape index (κ1) is 11.3. The lowest BCUT2D eigenvalue weighted by molar-refractivity contribution is -0.116. The van der Waals surface area contributed by atoms with Crippen molar-refractivity contribution in [2.45, 2.75) is 13.3 Å². The lowest BCUT2D eigenvalue weighted by Gasteiger charge is -2.00. The van der Waals surface area contributed by atoms with E-state index in [4.69, 9.17) is 0 Å². The zero-order chi connectivity index (χ0) is 10.4. The molecule has 0 heterocycles. The SMILES string of the molecule is CC(=O)Cc1ccccc1C#CCI. The van der Waals surface area contributed by atoms with Crippen molar-refractivity contribution in [1.82, 2.24) is 0 Å².